The van der Waals surface area contributed by atoms with Crippen LogP contribution in [0.15, 0.2) is 48.5 Å². The second kappa shape index (κ2) is 6.76. The highest BCUT2D eigenvalue weighted by atomic mass is 16.5. The van der Waals surface area contributed by atoms with Crippen LogP contribution >= 0.6 is 0 Å². The Balaban J connectivity index is 1.52. The number of carbonyl (C=O) groups is 1. The summed E-state index contributed by atoms with van der Waals surface area (Å²) in [6, 6.07) is 15.4. The maximum absolute atomic E-state index is 12.9. The van der Waals surface area contributed by atoms with Crippen LogP contribution in [0, 0.1) is 0 Å². The lowest BCUT2D eigenvalue weighted by atomic mass is 10.1. The Hall–Kier alpha value is -2.53. The molecule has 5 nitrogen and oxygen atoms in total. The number of carbonyl (C=O) groups excluding carboxylic acids is 1. The average molecular weight is 338 g/mol. The molecule has 0 saturated carbocycles. The highest BCUT2D eigenvalue weighted by Gasteiger charge is 2.24. The average Bonchev–Trinajstić information content (AvgIpc) is 2.68. The van der Waals surface area contributed by atoms with Gasteiger partial charge in [-0.2, -0.15) is 0 Å². The van der Waals surface area contributed by atoms with E-state index in [0.29, 0.717) is 18.7 Å². The third-order valence-corrected chi connectivity index (χ3v) is 4.92. The second-order valence-corrected chi connectivity index (χ2v) is 6.54. The zero-order valence-corrected chi connectivity index (χ0v) is 14.1. The SMILES string of the molecule is O=C(c1ccc(N2CCC(O)CC2)cc1)N1CCOc2ccccc21. The van der Waals surface area contributed by atoms with Crippen molar-refractivity contribution >= 4 is 17.3 Å². The van der Waals surface area contributed by atoms with Gasteiger partial charge in [-0.1, -0.05) is 12.1 Å². The molecule has 2 heterocycles. The van der Waals surface area contributed by atoms with Crippen molar-refractivity contribution in [2.45, 2.75) is 18.9 Å². The van der Waals surface area contributed by atoms with Crippen molar-refractivity contribution in [1.82, 2.24) is 0 Å². The Morgan fingerprint density at radius 1 is 1.00 bits per heavy atom. The van der Waals surface area contributed by atoms with Gasteiger partial charge >= 0.3 is 0 Å². The molecule has 1 fully saturated rings. The van der Waals surface area contributed by atoms with Crippen molar-refractivity contribution in [3.63, 3.8) is 0 Å². The lowest BCUT2D eigenvalue weighted by Gasteiger charge is -2.32. The molecular formula is C20H22N2O3. The quantitative estimate of drug-likeness (QED) is 0.915. The van der Waals surface area contributed by atoms with Crippen LogP contribution in [0.5, 0.6) is 5.75 Å². The number of amides is 1. The van der Waals surface area contributed by atoms with Gasteiger partial charge in [0, 0.05) is 24.3 Å². The summed E-state index contributed by atoms with van der Waals surface area (Å²) in [5.41, 5.74) is 2.61. The van der Waals surface area contributed by atoms with Crippen LogP contribution in [-0.4, -0.2) is 43.4 Å². The molecule has 25 heavy (non-hydrogen) atoms. The molecule has 4 rings (SSSR count). The summed E-state index contributed by atoms with van der Waals surface area (Å²) in [7, 11) is 0. The van der Waals surface area contributed by atoms with Crippen LogP contribution in [0.25, 0.3) is 0 Å². The molecule has 0 aliphatic carbocycles. The fourth-order valence-corrected chi connectivity index (χ4v) is 3.48. The molecule has 1 N–H and O–H groups in total. The molecule has 5 heteroatoms. The number of piperidine rings is 1. The minimum Gasteiger partial charge on any atom is -0.490 e. The molecule has 130 valence electrons. The lowest BCUT2D eigenvalue weighted by Crippen LogP contribution is -2.38. The standard InChI is InChI=1S/C20H22N2O3/c23-17-9-11-21(12-10-17)16-7-5-15(6-8-16)20(24)22-13-14-25-19-4-2-1-3-18(19)22/h1-8,17,23H,9-14H2. The number of anilines is 2. The van der Waals surface area contributed by atoms with E-state index in [2.05, 4.69) is 4.90 Å². The highest BCUT2D eigenvalue weighted by molar-refractivity contribution is 6.07. The van der Waals surface area contributed by atoms with Crippen molar-refractivity contribution in [3.8, 4) is 5.75 Å². The Labute approximate surface area is 147 Å². The fourth-order valence-electron chi connectivity index (χ4n) is 3.48. The maximum atomic E-state index is 12.9. The summed E-state index contributed by atoms with van der Waals surface area (Å²) in [4.78, 5) is 17.0. The van der Waals surface area contributed by atoms with Crippen molar-refractivity contribution in [2.24, 2.45) is 0 Å². The van der Waals surface area contributed by atoms with Crippen molar-refractivity contribution in [3.05, 3.63) is 54.1 Å². The Morgan fingerprint density at radius 3 is 2.48 bits per heavy atom. The van der Waals surface area contributed by atoms with Gasteiger partial charge in [0.1, 0.15) is 12.4 Å². The molecule has 0 radical (unpaired) electrons. The van der Waals surface area contributed by atoms with Crippen molar-refractivity contribution in [2.75, 3.05) is 36.0 Å². The minimum absolute atomic E-state index is 0.00336. The second-order valence-electron chi connectivity index (χ2n) is 6.54. The van der Waals surface area contributed by atoms with Gasteiger partial charge in [0.15, 0.2) is 0 Å². The summed E-state index contributed by atoms with van der Waals surface area (Å²) in [6.07, 6.45) is 1.41. The van der Waals surface area contributed by atoms with Gasteiger partial charge in [0.05, 0.1) is 18.3 Å². The van der Waals surface area contributed by atoms with Crippen LogP contribution in [-0.2, 0) is 0 Å². The number of rotatable bonds is 2. The van der Waals surface area contributed by atoms with E-state index in [4.69, 9.17) is 4.74 Å². The van der Waals surface area contributed by atoms with E-state index in [1.807, 2.05) is 48.5 Å². The normalized spacial score (nSPS) is 17.8. The van der Waals surface area contributed by atoms with Crippen LogP contribution in [0.1, 0.15) is 23.2 Å². The van der Waals surface area contributed by atoms with E-state index in [0.717, 1.165) is 43.1 Å². The molecule has 0 bridgehead atoms. The number of para-hydroxylation sites is 2. The van der Waals surface area contributed by atoms with E-state index in [1.54, 1.807) is 4.90 Å². The molecule has 2 aromatic carbocycles. The van der Waals surface area contributed by atoms with Gasteiger partial charge in [-0.3, -0.25) is 4.79 Å². The highest BCUT2D eigenvalue weighted by Crippen LogP contribution is 2.32. The van der Waals surface area contributed by atoms with E-state index < -0.39 is 0 Å². The number of benzene rings is 2. The fraction of sp³-hybridized carbons (Fsp3) is 0.350. The smallest absolute Gasteiger partial charge is 0.258 e. The first kappa shape index (κ1) is 16.0. The molecule has 1 saturated heterocycles. The summed E-state index contributed by atoms with van der Waals surface area (Å²) in [6.45, 7) is 2.77. The number of ether oxygens (including phenoxy) is 1. The number of fused-ring (bicyclic) bond motifs is 1. The molecule has 0 unspecified atom stereocenters. The first-order chi connectivity index (χ1) is 12.2. The van der Waals surface area contributed by atoms with Crippen LogP contribution < -0.4 is 14.5 Å². The van der Waals surface area contributed by atoms with Gasteiger partial charge in [-0.25, -0.2) is 0 Å². The Bertz CT molecular complexity index is 752. The lowest BCUT2D eigenvalue weighted by molar-refractivity contribution is 0.0976. The predicted molar refractivity (Wildman–Crippen MR) is 97.5 cm³/mol. The number of hydrogen-bond donors (Lipinski definition) is 1. The van der Waals surface area contributed by atoms with Gasteiger partial charge in [0.2, 0.25) is 0 Å². The Morgan fingerprint density at radius 2 is 1.72 bits per heavy atom. The topological polar surface area (TPSA) is 53.0 Å². The zero-order chi connectivity index (χ0) is 17.2. The predicted octanol–water partition coefficient (Wildman–Crippen LogP) is 2.69. The van der Waals surface area contributed by atoms with Gasteiger partial charge in [-0.15, -0.1) is 0 Å². The largest absolute Gasteiger partial charge is 0.490 e. The molecule has 0 aromatic heterocycles. The molecule has 0 spiro atoms. The number of hydrogen-bond acceptors (Lipinski definition) is 4. The maximum Gasteiger partial charge on any atom is 0.258 e. The molecular weight excluding hydrogens is 316 g/mol. The number of aliphatic hydroxyl groups excluding tert-OH is 1. The third-order valence-electron chi connectivity index (χ3n) is 4.92. The van der Waals surface area contributed by atoms with Crippen LogP contribution in [0.2, 0.25) is 0 Å². The van der Waals surface area contributed by atoms with Crippen molar-refractivity contribution in [1.29, 1.82) is 0 Å². The van der Waals surface area contributed by atoms with Gasteiger partial charge in [-0.05, 0) is 49.2 Å². The number of nitrogens with zero attached hydrogens (tertiary/aromatic N) is 2. The monoisotopic (exact) mass is 338 g/mol. The molecule has 0 atom stereocenters. The Kier molecular flexibility index (Phi) is 4.32. The van der Waals surface area contributed by atoms with E-state index in [1.165, 1.54) is 0 Å². The molecule has 1 amide bonds. The van der Waals surface area contributed by atoms with Gasteiger partial charge < -0.3 is 19.6 Å². The summed E-state index contributed by atoms with van der Waals surface area (Å²) in [5, 5.41) is 9.63. The van der Waals surface area contributed by atoms with E-state index in [9.17, 15) is 9.90 Å². The van der Waals surface area contributed by atoms with Crippen LogP contribution in [0.4, 0.5) is 11.4 Å². The van der Waals surface area contributed by atoms with Gasteiger partial charge in [0.25, 0.3) is 5.91 Å². The summed E-state index contributed by atoms with van der Waals surface area (Å²) < 4.78 is 5.63. The molecule has 2 aliphatic rings. The number of aliphatic hydroxyl groups is 1. The first-order valence-electron chi connectivity index (χ1n) is 8.79. The molecule has 2 aromatic rings. The van der Waals surface area contributed by atoms with E-state index >= 15 is 0 Å². The van der Waals surface area contributed by atoms with Crippen LogP contribution in [0.3, 0.4) is 0 Å². The third kappa shape index (κ3) is 3.20. The molecule has 2 aliphatic heterocycles. The summed E-state index contributed by atoms with van der Waals surface area (Å²) in [5.74, 6) is 0.752. The summed E-state index contributed by atoms with van der Waals surface area (Å²) >= 11 is 0. The minimum atomic E-state index is -0.182. The first-order valence-corrected chi connectivity index (χ1v) is 8.79. The zero-order valence-electron chi connectivity index (χ0n) is 14.1. The van der Waals surface area contributed by atoms with E-state index in [-0.39, 0.29) is 12.0 Å². The van der Waals surface area contributed by atoms with Crippen molar-refractivity contribution < 1.29 is 14.6 Å².